The number of carboxylic acids is 1. The van der Waals surface area contributed by atoms with E-state index in [2.05, 4.69) is 20.9 Å². The standard InChI is InChI=1S/C7H5BrClNO2/c1-3-2-4(8)10-6(5(3)9)7(11)12/h2H,1H3,(H,11,12). The Morgan fingerprint density at radius 2 is 2.33 bits per heavy atom. The van der Waals surface area contributed by atoms with Crippen LogP contribution in [0.2, 0.25) is 5.02 Å². The molecule has 64 valence electrons. The Morgan fingerprint density at radius 3 is 2.83 bits per heavy atom. The third kappa shape index (κ3) is 1.76. The zero-order chi connectivity index (χ0) is 9.30. The number of aryl methyl sites for hydroxylation is 1. The Bertz CT molecular complexity index is 340. The highest BCUT2D eigenvalue weighted by Gasteiger charge is 2.13. The summed E-state index contributed by atoms with van der Waals surface area (Å²) in [5.74, 6) is -1.12. The lowest BCUT2D eigenvalue weighted by Crippen LogP contribution is -2.02. The fraction of sp³-hybridized carbons (Fsp3) is 0.143. The van der Waals surface area contributed by atoms with Gasteiger partial charge in [-0.05, 0) is 34.5 Å². The number of rotatable bonds is 1. The molecule has 0 aromatic carbocycles. The van der Waals surface area contributed by atoms with Crippen LogP contribution in [0.5, 0.6) is 0 Å². The molecule has 0 saturated heterocycles. The van der Waals surface area contributed by atoms with Crippen LogP contribution in [0.15, 0.2) is 10.7 Å². The van der Waals surface area contributed by atoms with Crippen molar-refractivity contribution >= 4 is 33.5 Å². The number of hydrogen-bond acceptors (Lipinski definition) is 2. The number of pyridine rings is 1. The van der Waals surface area contributed by atoms with E-state index < -0.39 is 5.97 Å². The third-order valence-electron chi connectivity index (χ3n) is 1.31. The predicted octanol–water partition coefficient (Wildman–Crippen LogP) is 2.50. The summed E-state index contributed by atoms with van der Waals surface area (Å²) in [6.07, 6.45) is 0. The summed E-state index contributed by atoms with van der Waals surface area (Å²) in [7, 11) is 0. The summed E-state index contributed by atoms with van der Waals surface area (Å²) in [5, 5.41) is 8.83. The van der Waals surface area contributed by atoms with Crippen LogP contribution in [0.3, 0.4) is 0 Å². The van der Waals surface area contributed by atoms with Gasteiger partial charge >= 0.3 is 5.97 Å². The summed E-state index contributed by atoms with van der Waals surface area (Å²) >= 11 is 8.78. The van der Waals surface area contributed by atoms with Gasteiger partial charge in [-0.15, -0.1) is 0 Å². The second-order valence-corrected chi connectivity index (χ2v) is 3.42. The van der Waals surface area contributed by atoms with Crippen LogP contribution in [0.25, 0.3) is 0 Å². The molecule has 0 unspecified atom stereocenters. The van der Waals surface area contributed by atoms with Crippen LogP contribution in [-0.2, 0) is 0 Å². The monoisotopic (exact) mass is 249 g/mol. The molecule has 1 N–H and O–H groups in total. The van der Waals surface area contributed by atoms with E-state index in [-0.39, 0.29) is 10.7 Å². The Balaban J connectivity index is 3.37. The molecule has 12 heavy (non-hydrogen) atoms. The number of aromatic nitrogens is 1. The molecule has 1 aromatic rings. The number of hydrogen-bond donors (Lipinski definition) is 1. The first-order valence-corrected chi connectivity index (χ1v) is 4.25. The zero-order valence-corrected chi connectivity index (χ0v) is 8.48. The molecule has 5 heteroatoms. The number of aromatic carboxylic acids is 1. The van der Waals surface area contributed by atoms with Gasteiger partial charge in [0.1, 0.15) is 4.60 Å². The molecule has 0 atom stereocenters. The molecule has 0 fully saturated rings. The SMILES string of the molecule is Cc1cc(Br)nc(C(=O)O)c1Cl. The predicted molar refractivity (Wildman–Crippen MR) is 48.6 cm³/mol. The lowest BCUT2D eigenvalue weighted by atomic mass is 10.2. The second-order valence-electron chi connectivity index (χ2n) is 2.23. The molecule has 0 bridgehead atoms. The van der Waals surface area contributed by atoms with Gasteiger partial charge < -0.3 is 5.11 Å². The van der Waals surface area contributed by atoms with Gasteiger partial charge in [-0.3, -0.25) is 0 Å². The van der Waals surface area contributed by atoms with Gasteiger partial charge in [0, 0.05) is 0 Å². The molecule has 3 nitrogen and oxygen atoms in total. The van der Waals surface area contributed by atoms with Crippen molar-refractivity contribution in [2.24, 2.45) is 0 Å². The van der Waals surface area contributed by atoms with Crippen LogP contribution in [0.1, 0.15) is 16.1 Å². The van der Waals surface area contributed by atoms with Crippen molar-refractivity contribution < 1.29 is 9.90 Å². The molecule has 0 saturated carbocycles. The van der Waals surface area contributed by atoms with Crippen molar-refractivity contribution in [1.82, 2.24) is 4.98 Å². The van der Waals surface area contributed by atoms with Crippen LogP contribution >= 0.6 is 27.5 Å². The van der Waals surface area contributed by atoms with E-state index in [1.54, 1.807) is 13.0 Å². The molecule has 0 radical (unpaired) electrons. The normalized spacial score (nSPS) is 9.92. The maximum absolute atomic E-state index is 10.6. The molecular formula is C7H5BrClNO2. The molecular weight excluding hydrogens is 245 g/mol. The molecule has 1 rings (SSSR count). The highest BCUT2D eigenvalue weighted by atomic mass is 79.9. The van der Waals surface area contributed by atoms with Crippen molar-refractivity contribution in [2.45, 2.75) is 6.92 Å². The van der Waals surface area contributed by atoms with Crippen LogP contribution in [0.4, 0.5) is 0 Å². The van der Waals surface area contributed by atoms with Gasteiger partial charge in [0.2, 0.25) is 0 Å². The average Bonchev–Trinajstić information content (AvgIpc) is 1.96. The van der Waals surface area contributed by atoms with Crippen molar-refractivity contribution in [2.75, 3.05) is 0 Å². The van der Waals surface area contributed by atoms with Gasteiger partial charge in [0.15, 0.2) is 5.69 Å². The summed E-state index contributed by atoms with van der Waals surface area (Å²) in [4.78, 5) is 14.3. The van der Waals surface area contributed by atoms with Gasteiger partial charge in [0.05, 0.1) is 5.02 Å². The molecule has 0 aliphatic heterocycles. The van der Waals surface area contributed by atoms with Crippen molar-refractivity contribution in [1.29, 1.82) is 0 Å². The summed E-state index contributed by atoms with van der Waals surface area (Å²) in [5.41, 5.74) is 0.569. The second kappa shape index (κ2) is 3.41. The minimum absolute atomic E-state index is 0.122. The van der Waals surface area contributed by atoms with E-state index in [1.165, 1.54) is 0 Å². The van der Waals surface area contributed by atoms with Gasteiger partial charge in [-0.2, -0.15) is 0 Å². The lowest BCUT2D eigenvalue weighted by molar-refractivity contribution is 0.0690. The van der Waals surface area contributed by atoms with Gasteiger partial charge in [-0.25, -0.2) is 9.78 Å². The van der Waals surface area contributed by atoms with E-state index in [0.29, 0.717) is 10.2 Å². The first-order valence-electron chi connectivity index (χ1n) is 3.08. The minimum Gasteiger partial charge on any atom is -0.476 e. The maximum atomic E-state index is 10.6. The van der Waals surface area contributed by atoms with E-state index in [4.69, 9.17) is 16.7 Å². The Kier molecular flexibility index (Phi) is 2.69. The van der Waals surface area contributed by atoms with Gasteiger partial charge in [-0.1, -0.05) is 11.6 Å². The molecule has 0 aliphatic carbocycles. The quantitative estimate of drug-likeness (QED) is 0.779. The Hall–Kier alpha value is -0.610. The highest BCUT2D eigenvalue weighted by Crippen LogP contribution is 2.22. The molecule has 0 aliphatic rings. The van der Waals surface area contributed by atoms with E-state index in [9.17, 15) is 4.79 Å². The lowest BCUT2D eigenvalue weighted by Gasteiger charge is -2.01. The zero-order valence-electron chi connectivity index (χ0n) is 6.14. The van der Waals surface area contributed by atoms with Crippen molar-refractivity contribution in [3.05, 3.63) is 26.9 Å². The first kappa shape index (κ1) is 9.48. The summed E-state index contributed by atoms with van der Waals surface area (Å²) in [6.45, 7) is 1.72. The minimum atomic E-state index is -1.12. The van der Waals surface area contributed by atoms with Crippen LogP contribution in [-0.4, -0.2) is 16.1 Å². The van der Waals surface area contributed by atoms with Crippen LogP contribution in [0, 0.1) is 6.92 Å². The van der Waals surface area contributed by atoms with E-state index in [0.717, 1.165) is 0 Å². The summed E-state index contributed by atoms with van der Waals surface area (Å²) < 4.78 is 0.474. The fourth-order valence-corrected chi connectivity index (χ4v) is 1.46. The fourth-order valence-electron chi connectivity index (χ4n) is 0.759. The number of carbonyl (C=O) groups is 1. The van der Waals surface area contributed by atoms with Gasteiger partial charge in [0.25, 0.3) is 0 Å². The number of halogens is 2. The van der Waals surface area contributed by atoms with E-state index >= 15 is 0 Å². The topological polar surface area (TPSA) is 50.2 Å². The molecule has 1 aromatic heterocycles. The maximum Gasteiger partial charge on any atom is 0.356 e. The third-order valence-corrected chi connectivity index (χ3v) is 2.19. The Labute approximate surface area is 82.5 Å². The molecule has 1 heterocycles. The summed E-state index contributed by atoms with van der Waals surface area (Å²) in [6, 6.07) is 1.66. The number of carboxylic acid groups (broad SMARTS) is 1. The molecule has 0 amide bonds. The highest BCUT2D eigenvalue weighted by molar-refractivity contribution is 9.10. The van der Waals surface area contributed by atoms with Crippen molar-refractivity contribution in [3.63, 3.8) is 0 Å². The van der Waals surface area contributed by atoms with Crippen molar-refractivity contribution in [3.8, 4) is 0 Å². The smallest absolute Gasteiger partial charge is 0.356 e. The largest absolute Gasteiger partial charge is 0.476 e. The average molecular weight is 250 g/mol. The first-order chi connectivity index (χ1) is 5.52. The number of nitrogens with zero attached hydrogens (tertiary/aromatic N) is 1. The van der Waals surface area contributed by atoms with Crippen LogP contribution < -0.4 is 0 Å². The van der Waals surface area contributed by atoms with E-state index in [1.807, 2.05) is 0 Å². The Morgan fingerprint density at radius 1 is 1.75 bits per heavy atom. The molecule has 0 spiro atoms.